The number of pyridine rings is 1. The largest absolute Gasteiger partial charge is 0.442 e. The van der Waals surface area contributed by atoms with E-state index in [0.29, 0.717) is 17.7 Å². The summed E-state index contributed by atoms with van der Waals surface area (Å²) in [4.78, 5) is 11.1. The first-order chi connectivity index (χ1) is 13.6. The van der Waals surface area contributed by atoms with E-state index in [-0.39, 0.29) is 5.88 Å². The molecule has 140 valence electrons. The van der Waals surface area contributed by atoms with Crippen LogP contribution in [0, 0.1) is 17.0 Å². The molecular formula is C23H21N2O3+. The Balaban J connectivity index is 1.81. The summed E-state index contributed by atoms with van der Waals surface area (Å²) >= 11 is 0. The Bertz CT molecular complexity index is 1160. The second-order valence-corrected chi connectivity index (χ2v) is 6.91. The van der Waals surface area contributed by atoms with Gasteiger partial charge in [-0.2, -0.15) is 0 Å². The Labute approximate surface area is 163 Å². The Kier molecular flexibility index (Phi) is 4.65. The highest BCUT2D eigenvalue weighted by molar-refractivity contribution is 5.98. The second-order valence-electron chi connectivity index (χ2n) is 6.91. The molecule has 0 saturated heterocycles. The molecule has 4 rings (SSSR count). The monoisotopic (exact) mass is 373 g/mol. The van der Waals surface area contributed by atoms with Gasteiger partial charge < -0.3 is 4.42 Å². The van der Waals surface area contributed by atoms with E-state index in [9.17, 15) is 10.1 Å². The molecule has 28 heavy (non-hydrogen) atoms. The highest BCUT2D eigenvalue weighted by atomic mass is 16.6. The van der Waals surface area contributed by atoms with E-state index in [1.54, 1.807) is 0 Å². The third-order valence-corrected chi connectivity index (χ3v) is 5.05. The van der Waals surface area contributed by atoms with Gasteiger partial charge >= 0.3 is 5.88 Å². The lowest BCUT2D eigenvalue weighted by Gasteiger charge is -2.03. The van der Waals surface area contributed by atoms with Crippen molar-refractivity contribution in [3.63, 3.8) is 0 Å². The van der Waals surface area contributed by atoms with E-state index in [2.05, 4.69) is 36.9 Å². The van der Waals surface area contributed by atoms with Crippen molar-refractivity contribution in [3.05, 3.63) is 93.8 Å². The number of hydrogen-bond donors (Lipinski definition) is 0. The van der Waals surface area contributed by atoms with Gasteiger partial charge in [0.05, 0.1) is 0 Å². The lowest BCUT2D eigenvalue weighted by atomic mass is 10.0. The minimum Gasteiger partial charge on any atom is -0.400 e. The number of hydrogen-bond acceptors (Lipinski definition) is 3. The smallest absolute Gasteiger partial charge is 0.400 e. The highest BCUT2D eigenvalue weighted by Gasteiger charge is 2.25. The summed E-state index contributed by atoms with van der Waals surface area (Å²) in [6.45, 7) is 4.96. The van der Waals surface area contributed by atoms with Gasteiger partial charge in [0.1, 0.15) is 16.1 Å². The number of nitrogens with zero attached hydrogens (tertiary/aromatic N) is 2. The van der Waals surface area contributed by atoms with Gasteiger partial charge in [-0.15, -0.1) is 0 Å². The number of fused-ring (bicyclic) bond motifs is 1. The van der Waals surface area contributed by atoms with E-state index in [4.69, 9.17) is 4.42 Å². The average molecular weight is 373 g/mol. The predicted octanol–water partition coefficient (Wildman–Crippen LogP) is 5.21. The molecule has 2 aromatic carbocycles. The predicted molar refractivity (Wildman–Crippen MR) is 108 cm³/mol. The standard InChI is InChI=1S/C23H21N2O3/c1-3-18-15-24(12-11-16(18)2)14-17-9-10-21-20(13-17)22(23(28-21)25(26)27)19-7-5-4-6-8-19/h4-13,15H,3,14H2,1-2H3/q+1. The Hall–Kier alpha value is -3.47. The van der Waals surface area contributed by atoms with Gasteiger partial charge in [0.15, 0.2) is 18.9 Å². The molecule has 4 aromatic rings. The summed E-state index contributed by atoms with van der Waals surface area (Å²) < 4.78 is 7.71. The number of aromatic nitrogens is 1. The molecule has 0 unspecified atom stereocenters. The summed E-state index contributed by atoms with van der Waals surface area (Å²) in [6.07, 6.45) is 5.21. The van der Waals surface area contributed by atoms with Crippen LogP contribution in [0.1, 0.15) is 23.6 Å². The van der Waals surface area contributed by atoms with Crippen molar-refractivity contribution in [2.75, 3.05) is 0 Å². The zero-order valence-corrected chi connectivity index (χ0v) is 15.9. The Morgan fingerprint density at radius 2 is 1.89 bits per heavy atom. The number of aryl methyl sites for hydroxylation is 2. The van der Waals surface area contributed by atoms with Crippen molar-refractivity contribution in [2.45, 2.75) is 26.8 Å². The normalized spacial score (nSPS) is 11.1. The fraction of sp³-hybridized carbons (Fsp3) is 0.174. The molecule has 0 atom stereocenters. The van der Waals surface area contributed by atoms with Gasteiger partial charge in [-0.05, 0) is 42.7 Å². The quantitative estimate of drug-likeness (QED) is 0.274. The lowest BCUT2D eigenvalue weighted by Crippen LogP contribution is -2.34. The summed E-state index contributed by atoms with van der Waals surface area (Å²) in [6, 6.07) is 17.3. The van der Waals surface area contributed by atoms with Crippen molar-refractivity contribution in [2.24, 2.45) is 0 Å². The van der Waals surface area contributed by atoms with Crippen LogP contribution in [-0.4, -0.2) is 4.92 Å². The maximum atomic E-state index is 11.6. The number of nitro groups is 1. The van der Waals surface area contributed by atoms with Crippen LogP contribution < -0.4 is 4.57 Å². The van der Waals surface area contributed by atoms with E-state index >= 15 is 0 Å². The fourth-order valence-corrected chi connectivity index (χ4v) is 3.58. The number of benzene rings is 2. The Morgan fingerprint density at radius 1 is 1.11 bits per heavy atom. The van der Waals surface area contributed by atoms with Crippen LogP contribution in [0.5, 0.6) is 0 Å². The summed E-state index contributed by atoms with van der Waals surface area (Å²) in [5.41, 5.74) is 5.50. The minimum absolute atomic E-state index is 0.213. The molecule has 0 fully saturated rings. The maximum absolute atomic E-state index is 11.6. The molecule has 0 saturated carbocycles. The summed E-state index contributed by atoms with van der Waals surface area (Å²) in [5.74, 6) is -0.213. The first-order valence-corrected chi connectivity index (χ1v) is 9.30. The molecule has 5 nitrogen and oxygen atoms in total. The Morgan fingerprint density at radius 3 is 2.61 bits per heavy atom. The van der Waals surface area contributed by atoms with E-state index in [0.717, 1.165) is 22.9 Å². The second kappa shape index (κ2) is 7.27. The molecule has 0 N–H and O–H groups in total. The van der Waals surface area contributed by atoms with Gasteiger partial charge in [-0.25, -0.2) is 4.57 Å². The topological polar surface area (TPSA) is 60.2 Å². The van der Waals surface area contributed by atoms with Gasteiger partial charge in [0.25, 0.3) is 0 Å². The zero-order valence-electron chi connectivity index (χ0n) is 15.9. The van der Waals surface area contributed by atoms with Crippen molar-refractivity contribution in [1.82, 2.24) is 0 Å². The fourth-order valence-electron chi connectivity index (χ4n) is 3.58. The van der Waals surface area contributed by atoms with Crippen LogP contribution in [0.2, 0.25) is 0 Å². The first-order valence-electron chi connectivity index (χ1n) is 9.30. The molecule has 2 heterocycles. The van der Waals surface area contributed by atoms with Gasteiger partial charge in [-0.3, -0.25) is 10.1 Å². The SMILES string of the molecule is CCc1c[n+](Cc2ccc3oc([N+](=O)[O-])c(-c4ccccc4)c3c2)ccc1C. The van der Waals surface area contributed by atoms with Gasteiger partial charge in [0.2, 0.25) is 0 Å². The average Bonchev–Trinajstić information content (AvgIpc) is 3.09. The molecule has 2 aromatic heterocycles. The summed E-state index contributed by atoms with van der Waals surface area (Å²) in [7, 11) is 0. The van der Waals surface area contributed by atoms with Crippen LogP contribution in [0.3, 0.4) is 0 Å². The lowest BCUT2D eigenvalue weighted by molar-refractivity contribution is -0.688. The molecular weight excluding hydrogens is 352 g/mol. The van der Waals surface area contributed by atoms with Crippen molar-refractivity contribution >= 4 is 16.9 Å². The van der Waals surface area contributed by atoms with Crippen LogP contribution >= 0.6 is 0 Å². The summed E-state index contributed by atoms with van der Waals surface area (Å²) in [5, 5.41) is 12.3. The van der Waals surface area contributed by atoms with E-state index in [1.807, 2.05) is 48.5 Å². The molecule has 0 aliphatic carbocycles. The van der Waals surface area contributed by atoms with Crippen molar-refractivity contribution < 1.29 is 13.9 Å². The molecule has 5 heteroatoms. The maximum Gasteiger partial charge on any atom is 0.442 e. The highest BCUT2D eigenvalue weighted by Crippen LogP contribution is 2.39. The van der Waals surface area contributed by atoms with Crippen LogP contribution in [0.4, 0.5) is 5.88 Å². The first kappa shape index (κ1) is 17.9. The molecule has 0 radical (unpaired) electrons. The van der Waals surface area contributed by atoms with E-state index in [1.165, 1.54) is 11.1 Å². The molecule has 0 spiro atoms. The zero-order chi connectivity index (χ0) is 19.7. The molecule has 0 bridgehead atoms. The number of rotatable bonds is 5. The molecule has 0 aliphatic rings. The van der Waals surface area contributed by atoms with Crippen LogP contribution in [0.15, 0.2) is 71.4 Å². The third kappa shape index (κ3) is 3.27. The molecule has 0 amide bonds. The van der Waals surface area contributed by atoms with Crippen molar-refractivity contribution in [1.29, 1.82) is 0 Å². The van der Waals surface area contributed by atoms with Crippen LogP contribution in [-0.2, 0) is 13.0 Å². The number of furan rings is 1. The third-order valence-electron chi connectivity index (χ3n) is 5.05. The minimum atomic E-state index is -0.454. The van der Waals surface area contributed by atoms with E-state index < -0.39 is 4.92 Å². The van der Waals surface area contributed by atoms with Crippen LogP contribution in [0.25, 0.3) is 22.1 Å². The van der Waals surface area contributed by atoms with Gasteiger partial charge in [0, 0.05) is 22.6 Å². The molecule has 0 aliphatic heterocycles. The van der Waals surface area contributed by atoms with Crippen molar-refractivity contribution in [3.8, 4) is 11.1 Å². The van der Waals surface area contributed by atoms with Gasteiger partial charge in [-0.1, -0.05) is 37.3 Å².